The molecule has 0 saturated carbocycles. The van der Waals surface area contributed by atoms with Crippen molar-refractivity contribution in [2.24, 2.45) is 0 Å². The van der Waals surface area contributed by atoms with Gasteiger partial charge in [0.1, 0.15) is 11.6 Å². The van der Waals surface area contributed by atoms with E-state index >= 15 is 0 Å². The van der Waals surface area contributed by atoms with Crippen LogP contribution in [0.2, 0.25) is 0 Å². The van der Waals surface area contributed by atoms with Gasteiger partial charge in [-0.1, -0.05) is 24.3 Å². The molecule has 1 aliphatic heterocycles. The molecule has 0 unspecified atom stereocenters. The Morgan fingerprint density at radius 1 is 1.19 bits per heavy atom. The molecule has 0 radical (unpaired) electrons. The van der Waals surface area contributed by atoms with E-state index in [4.69, 9.17) is 5.26 Å². The van der Waals surface area contributed by atoms with Crippen LogP contribution < -0.4 is 4.90 Å². The summed E-state index contributed by atoms with van der Waals surface area (Å²) in [5, 5.41) is 20.0. The zero-order valence-electron chi connectivity index (χ0n) is 11.3. The highest BCUT2D eigenvalue weighted by molar-refractivity contribution is 5.61. The molecule has 2 aromatic rings. The minimum Gasteiger partial charge on any atom is -0.367 e. The highest BCUT2D eigenvalue weighted by atomic mass is 16.6. The van der Waals surface area contributed by atoms with Crippen LogP contribution in [0, 0.1) is 21.4 Å². The molecule has 0 aromatic heterocycles. The molecule has 0 bridgehead atoms. The van der Waals surface area contributed by atoms with Crippen molar-refractivity contribution in [1.82, 2.24) is 0 Å². The zero-order valence-corrected chi connectivity index (χ0v) is 11.3. The maximum atomic E-state index is 11.0. The third-order valence-electron chi connectivity index (χ3n) is 3.79. The maximum Gasteiger partial charge on any atom is 0.289 e. The fourth-order valence-corrected chi connectivity index (χ4v) is 2.68. The quantitative estimate of drug-likeness (QED) is 0.625. The van der Waals surface area contributed by atoms with Gasteiger partial charge in [0.15, 0.2) is 0 Å². The monoisotopic (exact) mass is 279 g/mol. The Hall–Kier alpha value is -2.87. The van der Waals surface area contributed by atoms with Gasteiger partial charge in [-0.15, -0.1) is 0 Å². The van der Waals surface area contributed by atoms with Crippen LogP contribution >= 0.6 is 0 Å². The van der Waals surface area contributed by atoms with E-state index in [2.05, 4.69) is 17.0 Å². The Kier molecular flexibility index (Phi) is 3.28. The van der Waals surface area contributed by atoms with Crippen LogP contribution in [-0.2, 0) is 13.0 Å². The second kappa shape index (κ2) is 5.25. The van der Waals surface area contributed by atoms with E-state index in [1.807, 2.05) is 18.2 Å². The van der Waals surface area contributed by atoms with Crippen LogP contribution in [0.3, 0.4) is 0 Å². The highest BCUT2D eigenvalue weighted by Gasteiger charge is 2.20. The first kappa shape index (κ1) is 13.1. The van der Waals surface area contributed by atoms with E-state index in [-0.39, 0.29) is 11.3 Å². The van der Waals surface area contributed by atoms with Crippen molar-refractivity contribution < 1.29 is 4.92 Å². The first-order valence-corrected chi connectivity index (χ1v) is 6.69. The summed E-state index contributed by atoms with van der Waals surface area (Å²) in [6.07, 6.45) is 0.921. The molecule has 0 amide bonds. The van der Waals surface area contributed by atoms with E-state index in [0.29, 0.717) is 0 Å². The summed E-state index contributed by atoms with van der Waals surface area (Å²) in [6, 6.07) is 14.9. The summed E-state index contributed by atoms with van der Waals surface area (Å²) in [7, 11) is 0. The van der Waals surface area contributed by atoms with Gasteiger partial charge in [0.2, 0.25) is 0 Å². The SMILES string of the molecule is N#Cc1ccc(N2CCc3ccccc3C2)cc1[N+](=O)[O-]. The molecule has 5 heteroatoms. The molecule has 0 atom stereocenters. The fraction of sp³-hybridized carbons (Fsp3) is 0.188. The number of nitro groups is 1. The van der Waals surface area contributed by atoms with Gasteiger partial charge >= 0.3 is 0 Å². The lowest BCUT2D eigenvalue weighted by molar-refractivity contribution is -0.385. The van der Waals surface area contributed by atoms with Gasteiger partial charge in [0.25, 0.3) is 5.69 Å². The van der Waals surface area contributed by atoms with Gasteiger partial charge < -0.3 is 4.90 Å². The summed E-state index contributed by atoms with van der Waals surface area (Å²) in [5.41, 5.74) is 3.33. The van der Waals surface area contributed by atoms with Crippen LogP contribution in [0.4, 0.5) is 11.4 Å². The van der Waals surface area contributed by atoms with Crippen molar-refractivity contribution in [1.29, 1.82) is 5.26 Å². The molecule has 0 spiro atoms. The van der Waals surface area contributed by atoms with Crippen molar-refractivity contribution >= 4 is 11.4 Å². The first-order chi connectivity index (χ1) is 10.2. The number of fused-ring (bicyclic) bond motifs is 1. The number of rotatable bonds is 2. The largest absolute Gasteiger partial charge is 0.367 e. The van der Waals surface area contributed by atoms with Crippen molar-refractivity contribution in [3.63, 3.8) is 0 Å². The van der Waals surface area contributed by atoms with Crippen LogP contribution in [0.15, 0.2) is 42.5 Å². The predicted octanol–water partition coefficient (Wildman–Crippen LogP) is 3.03. The number of anilines is 1. The molecule has 0 saturated heterocycles. The van der Waals surface area contributed by atoms with Crippen molar-refractivity contribution in [2.75, 3.05) is 11.4 Å². The number of nitro benzene ring substituents is 1. The van der Waals surface area contributed by atoms with Gasteiger partial charge in [0.05, 0.1) is 4.92 Å². The fourth-order valence-electron chi connectivity index (χ4n) is 2.68. The third-order valence-corrected chi connectivity index (χ3v) is 3.79. The number of nitriles is 1. The molecule has 3 rings (SSSR count). The Bertz CT molecular complexity index is 749. The normalized spacial score (nSPS) is 13.4. The second-order valence-electron chi connectivity index (χ2n) is 5.01. The van der Waals surface area contributed by atoms with E-state index in [1.54, 1.807) is 6.07 Å². The smallest absolute Gasteiger partial charge is 0.289 e. The molecule has 104 valence electrons. The van der Waals surface area contributed by atoms with Gasteiger partial charge in [0, 0.05) is 24.8 Å². The summed E-state index contributed by atoms with van der Waals surface area (Å²) in [5.74, 6) is 0. The molecule has 2 aromatic carbocycles. The average Bonchev–Trinajstić information content (AvgIpc) is 2.53. The Balaban J connectivity index is 1.94. The zero-order chi connectivity index (χ0) is 14.8. The standard InChI is InChI=1S/C16H13N3O2/c17-10-13-5-6-15(9-16(13)19(20)21)18-8-7-12-3-1-2-4-14(12)11-18/h1-6,9H,7-8,11H2. The molecule has 1 heterocycles. The molecule has 1 aliphatic rings. The molecule has 5 nitrogen and oxygen atoms in total. The average molecular weight is 279 g/mol. The Morgan fingerprint density at radius 2 is 1.95 bits per heavy atom. The molecule has 0 fully saturated rings. The summed E-state index contributed by atoms with van der Waals surface area (Å²) in [4.78, 5) is 12.7. The third kappa shape index (κ3) is 2.43. The van der Waals surface area contributed by atoms with Gasteiger partial charge in [-0.3, -0.25) is 10.1 Å². The van der Waals surface area contributed by atoms with Gasteiger partial charge in [-0.2, -0.15) is 5.26 Å². The van der Waals surface area contributed by atoms with E-state index in [1.165, 1.54) is 23.3 Å². The summed E-state index contributed by atoms with van der Waals surface area (Å²) < 4.78 is 0. The van der Waals surface area contributed by atoms with Crippen LogP contribution in [-0.4, -0.2) is 11.5 Å². The van der Waals surface area contributed by atoms with E-state index < -0.39 is 4.92 Å². The van der Waals surface area contributed by atoms with E-state index in [9.17, 15) is 10.1 Å². The minimum absolute atomic E-state index is 0.0983. The van der Waals surface area contributed by atoms with Crippen molar-refractivity contribution in [2.45, 2.75) is 13.0 Å². The molecule has 0 aliphatic carbocycles. The number of hydrogen-bond acceptors (Lipinski definition) is 4. The maximum absolute atomic E-state index is 11.0. The lowest BCUT2D eigenvalue weighted by atomic mass is 9.99. The van der Waals surface area contributed by atoms with Crippen LogP contribution in [0.5, 0.6) is 0 Å². The molecule has 0 N–H and O–H groups in total. The van der Waals surface area contributed by atoms with Crippen LogP contribution in [0.1, 0.15) is 16.7 Å². The lowest BCUT2D eigenvalue weighted by Gasteiger charge is -2.30. The highest BCUT2D eigenvalue weighted by Crippen LogP contribution is 2.29. The Labute approximate surface area is 122 Å². The first-order valence-electron chi connectivity index (χ1n) is 6.69. The van der Waals surface area contributed by atoms with Crippen LogP contribution in [0.25, 0.3) is 0 Å². The molecular weight excluding hydrogens is 266 g/mol. The minimum atomic E-state index is -0.500. The number of nitrogens with zero attached hydrogens (tertiary/aromatic N) is 3. The van der Waals surface area contributed by atoms with Gasteiger partial charge in [-0.05, 0) is 29.7 Å². The van der Waals surface area contributed by atoms with Crippen molar-refractivity contribution in [3.8, 4) is 6.07 Å². The van der Waals surface area contributed by atoms with E-state index in [0.717, 1.165) is 25.2 Å². The predicted molar refractivity (Wildman–Crippen MR) is 79.0 cm³/mol. The molecular formula is C16H13N3O2. The topological polar surface area (TPSA) is 70.2 Å². The van der Waals surface area contributed by atoms with Crippen molar-refractivity contribution in [3.05, 3.63) is 69.3 Å². The lowest BCUT2D eigenvalue weighted by Crippen LogP contribution is -2.30. The number of benzene rings is 2. The summed E-state index contributed by atoms with van der Waals surface area (Å²) in [6.45, 7) is 1.55. The molecule has 21 heavy (non-hydrogen) atoms. The second-order valence-corrected chi connectivity index (χ2v) is 5.01. The Morgan fingerprint density at radius 3 is 2.67 bits per heavy atom. The number of hydrogen-bond donors (Lipinski definition) is 0. The van der Waals surface area contributed by atoms with Gasteiger partial charge in [-0.25, -0.2) is 0 Å². The summed E-state index contributed by atoms with van der Waals surface area (Å²) >= 11 is 0.